The molecule has 0 radical (unpaired) electrons. The summed E-state index contributed by atoms with van der Waals surface area (Å²) in [4.78, 5) is 24.1. The van der Waals surface area contributed by atoms with Crippen LogP contribution in [0.15, 0.2) is 48.5 Å². The number of carbonyl (C=O) groups excluding carboxylic acids is 2. The second-order valence-corrected chi connectivity index (χ2v) is 6.20. The van der Waals surface area contributed by atoms with Gasteiger partial charge in [-0.1, -0.05) is 34.1 Å². The third-order valence-corrected chi connectivity index (χ3v) is 4.47. The maximum atomic E-state index is 12.6. The van der Waals surface area contributed by atoms with Crippen LogP contribution in [0.1, 0.15) is 23.0 Å². The number of para-hydroxylation sites is 1. The number of hydrogen-bond acceptors (Lipinski definition) is 4. The zero-order valence-corrected chi connectivity index (χ0v) is 16.1. The molecule has 6 heteroatoms. The van der Waals surface area contributed by atoms with E-state index in [1.54, 1.807) is 19.1 Å². The number of carbonyl (C=O) groups is 2. The molecule has 0 aliphatic heterocycles. The molecule has 0 atom stereocenters. The maximum Gasteiger partial charge on any atom is 0.340 e. The van der Waals surface area contributed by atoms with Gasteiger partial charge in [-0.2, -0.15) is 0 Å². The second-order valence-electron chi connectivity index (χ2n) is 5.64. The van der Waals surface area contributed by atoms with Gasteiger partial charge < -0.3 is 14.0 Å². The van der Waals surface area contributed by atoms with Gasteiger partial charge in [0.2, 0.25) is 0 Å². The van der Waals surface area contributed by atoms with Crippen molar-refractivity contribution in [1.82, 2.24) is 4.57 Å². The zero-order valence-electron chi connectivity index (χ0n) is 14.5. The van der Waals surface area contributed by atoms with E-state index in [4.69, 9.17) is 9.47 Å². The molecule has 3 rings (SSSR count). The molecule has 1 heterocycles. The van der Waals surface area contributed by atoms with E-state index in [1.807, 2.05) is 47.9 Å². The molecule has 1 aromatic heterocycles. The van der Waals surface area contributed by atoms with E-state index in [9.17, 15) is 9.59 Å². The van der Waals surface area contributed by atoms with Crippen LogP contribution in [-0.2, 0) is 9.53 Å². The van der Waals surface area contributed by atoms with Crippen molar-refractivity contribution in [1.29, 1.82) is 0 Å². The minimum absolute atomic E-state index is 0.0970. The molecule has 0 amide bonds. The topological polar surface area (TPSA) is 57.5 Å². The van der Waals surface area contributed by atoms with Crippen LogP contribution in [0.5, 0.6) is 5.75 Å². The summed E-state index contributed by atoms with van der Waals surface area (Å²) in [6.45, 7) is 3.94. The van der Waals surface area contributed by atoms with Crippen molar-refractivity contribution < 1.29 is 19.1 Å². The SMILES string of the molecule is CCOC(=O)c1c(C)n(-c2ccccc2)c2ccc(OC(=O)CBr)cc12. The van der Waals surface area contributed by atoms with Gasteiger partial charge in [0, 0.05) is 16.8 Å². The van der Waals surface area contributed by atoms with Gasteiger partial charge in [-0.15, -0.1) is 0 Å². The summed E-state index contributed by atoms with van der Waals surface area (Å²) in [5, 5.41) is 0.782. The fourth-order valence-corrected chi connectivity index (χ4v) is 3.11. The number of ether oxygens (including phenoxy) is 2. The van der Waals surface area contributed by atoms with Crippen LogP contribution in [0, 0.1) is 6.92 Å². The summed E-state index contributed by atoms with van der Waals surface area (Å²) in [7, 11) is 0. The van der Waals surface area contributed by atoms with Crippen LogP contribution in [-0.4, -0.2) is 28.4 Å². The van der Waals surface area contributed by atoms with Crippen molar-refractivity contribution in [3.05, 3.63) is 59.8 Å². The fourth-order valence-electron chi connectivity index (χ4n) is 2.99. The number of hydrogen-bond donors (Lipinski definition) is 0. The molecule has 0 saturated heterocycles. The van der Waals surface area contributed by atoms with Crippen LogP contribution < -0.4 is 4.74 Å². The van der Waals surface area contributed by atoms with Crippen molar-refractivity contribution in [3.8, 4) is 11.4 Å². The van der Waals surface area contributed by atoms with Crippen LogP contribution in [0.2, 0.25) is 0 Å². The lowest BCUT2D eigenvalue weighted by molar-refractivity contribution is -0.131. The van der Waals surface area contributed by atoms with Crippen molar-refractivity contribution in [2.75, 3.05) is 11.9 Å². The first-order chi connectivity index (χ1) is 12.6. The summed E-state index contributed by atoms with van der Waals surface area (Å²) >= 11 is 3.07. The smallest absolute Gasteiger partial charge is 0.340 e. The summed E-state index contributed by atoms with van der Waals surface area (Å²) in [5.41, 5.74) is 3.03. The molecular formula is C20H18BrNO4. The number of alkyl halides is 1. The van der Waals surface area contributed by atoms with E-state index in [2.05, 4.69) is 15.9 Å². The quantitative estimate of drug-likeness (QED) is 0.351. The first-order valence-corrected chi connectivity index (χ1v) is 9.33. The lowest BCUT2D eigenvalue weighted by atomic mass is 10.1. The monoisotopic (exact) mass is 415 g/mol. The third kappa shape index (κ3) is 3.37. The highest BCUT2D eigenvalue weighted by Gasteiger charge is 2.22. The first kappa shape index (κ1) is 18.2. The number of fused-ring (bicyclic) bond motifs is 1. The minimum Gasteiger partial charge on any atom is -0.462 e. The number of benzene rings is 2. The number of esters is 2. The van der Waals surface area contributed by atoms with Crippen LogP contribution in [0.4, 0.5) is 0 Å². The normalized spacial score (nSPS) is 10.7. The predicted molar refractivity (Wildman–Crippen MR) is 103 cm³/mol. The molecule has 0 fully saturated rings. The van der Waals surface area contributed by atoms with E-state index in [-0.39, 0.29) is 11.9 Å². The molecule has 5 nitrogen and oxygen atoms in total. The summed E-state index contributed by atoms with van der Waals surface area (Å²) in [6, 6.07) is 15.0. The molecule has 0 saturated carbocycles. The molecule has 0 aliphatic rings. The molecule has 0 bridgehead atoms. The van der Waals surface area contributed by atoms with Crippen LogP contribution >= 0.6 is 15.9 Å². The number of halogens is 1. The maximum absolute atomic E-state index is 12.6. The van der Waals surface area contributed by atoms with Crippen LogP contribution in [0.3, 0.4) is 0 Å². The van der Waals surface area contributed by atoms with E-state index in [0.29, 0.717) is 16.7 Å². The summed E-state index contributed by atoms with van der Waals surface area (Å²) in [5.74, 6) is -0.410. The van der Waals surface area contributed by atoms with Gasteiger partial charge >= 0.3 is 11.9 Å². The molecule has 0 spiro atoms. The average molecular weight is 416 g/mol. The van der Waals surface area contributed by atoms with Gasteiger partial charge in [-0.05, 0) is 44.2 Å². The molecule has 2 aromatic carbocycles. The van der Waals surface area contributed by atoms with Crippen molar-refractivity contribution in [2.24, 2.45) is 0 Å². The van der Waals surface area contributed by atoms with Gasteiger partial charge in [0.1, 0.15) is 11.1 Å². The molecule has 0 N–H and O–H groups in total. The Kier molecular flexibility index (Phi) is 5.42. The Bertz CT molecular complexity index is 963. The average Bonchev–Trinajstić information content (AvgIpc) is 2.93. The van der Waals surface area contributed by atoms with Gasteiger partial charge in [-0.3, -0.25) is 4.79 Å². The number of rotatable bonds is 5. The van der Waals surface area contributed by atoms with Gasteiger partial charge in [0.05, 0.1) is 17.7 Å². The lowest BCUT2D eigenvalue weighted by Gasteiger charge is -2.08. The number of aromatic nitrogens is 1. The Morgan fingerprint density at radius 3 is 2.50 bits per heavy atom. The highest BCUT2D eigenvalue weighted by molar-refractivity contribution is 9.09. The Labute approximate surface area is 159 Å². The zero-order chi connectivity index (χ0) is 18.7. The van der Waals surface area contributed by atoms with Gasteiger partial charge in [0.15, 0.2) is 0 Å². The largest absolute Gasteiger partial charge is 0.462 e. The Balaban J connectivity index is 2.24. The van der Waals surface area contributed by atoms with Crippen LogP contribution in [0.25, 0.3) is 16.6 Å². The second kappa shape index (κ2) is 7.74. The summed E-state index contributed by atoms with van der Waals surface area (Å²) in [6.07, 6.45) is 0. The van der Waals surface area contributed by atoms with Crippen molar-refractivity contribution in [3.63, 3.8) is 0 Å². The Hall–Kier alpha value is -2.60. The van der Waals surface area contributed by atoms with E-state index in [0.717, 1.165) is 16.9 Å². The van der Waals surface area contributed by atoms with Gasteiger partial charge in [-0.25, -0.2) is 4.79 Å². The highest BCUT2D eigenvalue weighted by atomic mass is 79.9. The molecule has 0 aliphatic carbocycles. The highest BCUT2D eigenvalue weighted by Crippen LogP contribution is 2.32. The third-order valence-electron chi connectivity index (χ3n) is 4.01. The van der Waals surface area contributed by atoms with Gasteiger partial charge in [0.25, 0.3) is 0 Å². The molecule has 134 valence electrons. The van der Waals surface area contributed by atoms with E-state index < -0.39 is 11.9 Å². The molecule has 3 aromatic rings. The Morgan fingerprint density at radius 1 is 1.12 bits per heavy atom. The molecule has 26 heavy (non-hydrogen) atoms. The lowest BCUT2D eigenvalue weighted by Crippen LogP contribution is -2.08. The predicted octanol–water partition coefficient (Wildman–Crippen LogP) is 4.42. The molecular weight excluding hydrogens is 398 g/mol. The van der Waals surface area contributed by atoms with Crippen molar-refractivity contribution in [2.45, 2.75) is 13.8 Å². The number of nitrogens with zero attached hydrogens (tertiary/aromatic N) is 1. The van der Waals surface area contributed by atoms with E-state index in [1.165, 1.54) is 0 Å². The Morgan fingerprint density at radius 2 is 1.85 bits per heavy atom. The molecule has 0 unspecified atom stereocenters. The fraction of sp³-hybridized carbons (Fsp3) is 0.200. The standard InChI is InChI=1S/C20H18BrNO4/c1-3-25-20(24)19-13(2)22(14-7-5-4-6-8-14)17-10-9-15(11-16(17)19)26-18(23)12-21/h4-11H,3,12H2,1-2H3. The van der Waals surface area contributed by atoms with Crippen molar-refractivity contribution >= 4 is 38.8 Å². The first-order valence-electron chi connectivity index (χ1n) is 8.21. The summed E-state index contributed by atoms with van der Waals surface area (Å²) < 4.78 is 12.5. The minimum atomic E-state index is -0.402. The van der Waals surface area contributed by atoms with E-state index >= 15 is 0 Å².